The van der Waals surface area contributed by atoms with Gasteiger partial charge in [-0.3, -0.25) is 9.78 Å². The van der Waals surface area contributed by atoms with E-state index in [-0.39, 0.29) is 5.91 Å². The molecule has 0 atom stereocenters. The summed E-state index contributed by atoms with van der Waals surface area (Å²) < 4.78 is 0. The average Bonchev–Trinajstić information content (AvgIpc) is 2.47. The second-order valence-electron chi connectivity index (χ2n) is 4.15. The third-order valence-corrected chi connectivity index (χ3v) is 3.27. The maximum atomic E-state index is 12.3. The number of amides is 1. The van der Waals surface area contributed by atoms with Crippen LogP contribution in [0.2, 0.25) is 5.02 Å². The molecule has 0 saturated carbocycles. The zero-order valence-electron chi connectivity index (χ0n) is 10.7. The zero-order valence-corrected chi connectivity index (χ0v) is 11.5. The summed E-state index contributed by atoms with van der Waals surface area (Å²) in [6.07, 6.45) is 3.23. The fraction of sp³-hybridized carbons (Fsp3) is 0.200. The van der Waals surface area contributed by atoms with Crippen molar-refractivity contribution in [3.8, 4) is 0 Å². The van der Waals surface area contributed by atoms with Crippen molar-refractivity contribution in [1.29, 1.82) is 0 Å². The summed E-state index contributed by atoms with van der Waals surface area (Å²) >= 11 is 6.13. The van der Waals surface area contributed by atoms with Crippen molar-refractivity contribution in [2.45, 2.75) is 13.5 Å². The first kappa shape index (κ1) is 13.6. The minimum absolute atomic E-state index is 0.0319. The summed E-state index contributed by atoms with van der Waals surface area (Å²) in [5, 5.41) is 0.680. The van der Waals surface area contributed by atoms with Crippen molar-refractivity contribution in [3.05, 3.63) is 64.9 Å². The van der Waals surface area contributed by atoms with Crippen LogP contribution in [0.4, 0.5) is 0 Å². The van der Waals surface area contributed by atoms with Gasteiger partial charge < -0.3 is 4.90 Å². The smallest absolute Gasteiger partial charge is 0.255 e. The number of hydrogen-bond donors (Lipinski definition) is 0. The number of carbonyl (C=O) groups is 1. The normalized spacial score (nSPS) is 10.2. The Morgan fingerprint density at radius 1 is 1.26 bits per heavy atom. The van der Waals surface area contributed by atoms with E-state index in [0.717, 1.165) is 5.56 Å². The summed E-state index contributed by atoms with van der Waals surface area (Å²) in [4.78, 5) is 18.1. The molecule has 1 aromatic carbocycles. The quantitative estimate of drug-likeness (QED) is 0.856. The molecule has 2 rings (SSSR count). The van der Waals surface area contributed by atoms with E-state index in [1.165, 1.54) is 0 Å². The molecule has 0 aliphatic rings. The highest BCUT2D eigenvalue weighted by Crippen LogP contribution is 2.18. The molecule has 98 valence electrons. The Balaban J connectivity index is 2.17. The van der Waals surface area contributed by atoms with Crippen LogP contribution in [0, 0.1) is 0 Å². The van der Waals surface area contributed by atoms with Crippen molar-refractivity contribution in [3.63, 3.8) is 0 Å². The van der Waals surface area contributed by atoms with Gasteiger partial charge in [-0.1, -0.05) is 29.8 Å². The molecule has 0 bridgehead atoms. The molecule has 0 aliphatic carbocycles. The van der Waals surface area contributed by atoms with E-state index in [4.69, 9.17) is 11.6 Å². The van der Waals surface area contributed by atoms with Crippen molar-refractivity contribution in [2.75, 3.05) is 6.54 Å². The molecule has 2 aromatic rings. The van der Waals surface area contributed by atoms with E-state index in [1.54, 1.807) is 29.4 Å². The molecule has 0 aliphatic heterocycles. The summed E-state index contributed by atoms with van der Waals surface area (Å²) in [5.74, 6) is -0.0319. The first-order chi connectivity index (χ1) is 9.22. The Hall–Kier alpha value is -1.87. The zero-order chi connectivity index (χ0) is 13.7. The Bertz CT molecular complexity index is 557. The molecule has 1 amide bonds. The lowest BCUT2D eigenvalue weighted by Gasteiger charge is -2.21. The van der Waals surface area contributed by atoms with Crippen LogP contribution in [-0.2, 0) is 6.54 Å². The Morgan fingerprint density at radius 3 is 2.68 bits per heavy atom. The van der Waals surface area contributed by atoms with Gasteiger partial charge in [0.1, 0.15) is 0 Å². The fourth-order valence-electron chi connectivity index (χ4n) is 1.83. The van der Waals surface area contributed by atoms with E-state index in [1.807, 2.05) is 31.2 Å². The highest BCUT2D eigenvalue weighted by atomic mass is 35.5. The van der Waals surface area contributed by atoms with Gasteiger partial charge in [-0.25, -0.2) is 0 Å². The summed E-state index contributed by atoms with van der Waals surface area (Å²) in [6, 6.07) is 11.1. The summed E-state index contributed by atoms with van der Waals surface area (Å²) in [5.41, 5.74) is 1.54. The van der Waals surface area contributed by atoms with Gasteiger partial charge in [0.05, 0.1) is 5.56 Å². The summed E-state index contributed by atoms with van der Waals surface area (Å²) in [6.45, 7) is 3.08. The summed E-state index contributed by atoms with van der Waals surface area (Å²) in [7, 11) is 0. The molecule has 0 N–H and O–H groups in total. The standard InChI is InChI=1S/C15H15ClN2O/c1-2-18(11-13-6-3-4-8-14(13)16)15(19)12-7-5-9-17-10-12/h3-10H,2,11H2,1H3. The van der Waals surface area contributed by atoms with Crippen LogP contribution >= 0.6 is 11.6 Å². The minimum atomic E-state index is -0.0319. The van der Waals surface area contributed by atoms with E-state index in [0.29, 0.717) is 23.7 Å². The maximum Gasteiger partial charge on any atom is 0.255 e. The van der Waals surface area contributed by atoms with Crippen molar-refractivity contribution >= 4 is 17.5 Å². The molecule has 4 heteroatoms. The molecule has 1 aromatic heterocycles. The number of nitrogens with zero attached hydrogens (tertiary/aromatic N) is 2. The molecule has 0 spiro atoms. The third kappa shape index (κ3) is 3.32. The van der Waals surface area contributed by atoms with Crippen LogP contribution in [0.1, 0.15) is 22.8 Å². The second-order valence-corrected chi connectivity index (χ2v) is 4.56. The topological polar surface area (TPSA) is 33.2 Å². The monoisotopic (exact) mass is 274 g/mol. The minimum Gasteiger partial charge on any atom is -0.334 e. The molecule has 1 heterocycles. The largest absolute Gasteiger partial charge is 0.334 e. The van der Waals surface area contributed by atoms with Gasteiger partial charge in [-0.05, 0) is 30.7 Å². The number of aromatic nitrogens is 1. The van der Waals surface area contributed by atoms with E-state index in [9.17, 15) is 4.79 Å². The van der Waals surface area contributed by atoms with Gasteiger partial charge in [0.2, 0.25) is 0 Å². The predicted octanol–water partition coefficient (Wildman–Crippen LogP) is 3.40. The Kier molecular flexibility index (Phi) is 4.53. The van der Waals surface area contributed by atoms with Crippen molar-refractivity contribution < 1.29 is 4.79 Å². The average molecular weight is 275 g/mol. The SMILES string of the molecule is CCN(Cc1ccccc1Cl)C(=O)c1cccnc1. The van der Waals surface area contributed by atoms with Crippen LogP contribution in [-0.4, -0.2) is 22.3 Å². The molecule has 0 fully saturated rings. The van der Waals surface area contributed by atoms with Gasteiger partial charge in [-0.2, -0.15) is 0 Å². The number of benzene rings is 1. The van der Waals surface area contributed by atoms with Crippen LogP contribution in [0.5, 0.6) is 0 Å². The predicted molar refractivity (Wildman–Crippen MR) is 76.1 cm³/mol. The van der Waals surface area contributed by atoms with Gasteiger partial charge in [-0.15, -0.1) is 0 Å². The van der Waals surface area contributed by atoms with Crippen LogP contribution < -0.4 is 0 Å². The third-order valence-electron chi connectivity index (χ3n) is 2.90. The molecular weight excluding hydrogens is 260 g/mol. The second kappa shape index (κ2) is 6.34. The van der Waals surface area contributed by atoms with E-state index < -0.39 is 0 Å². The van der Waals surface area contributed by atoms with Gasteiger partial charge in [0.15, 0.2) is 0 Å². The van der Waals surface area contributed by atoms with E-state index in [2.05, 4.69) is 4.98 Å². The van der Waals surface area contributed by atoms with Crippen LogP contribution in [0.15, 0.2) is 48.8 Å². The highest BCUT2D eigenvalue weighted by Gasteiger charge is 2.15. The molecular formula is C15H15ClN2O. The van der Waals surface area contributed by atoms with Gasteiger partial charge in [0, 0.05) is 30.5 Å². The first-order valence-corrected chi connectivity index (χ1v) is 6.53. The number of hydrogen-bond acceptors (Lipinski definition) is 2. The Morgan fingerprint density at radius 2 is 2.05 bits per heavy atom. The molecule has 0 saturated heterocycles. The lowest BCUT2D eigenvalue weighted by Crippen LogP contribution is -2.30. The van der Waals surface area contributed by atoms with Gasteiger partial charge >= 0.3 is 0 Å². The Labute approximate surface area is 117 Å². The van der Waals surface area contributed by atoms with Crippen molar-refractivity contribution in [2.24, 2.45) is 0 Å². The number of pyridine rings is 1. The molecule has 0 unspecified atom stereocenters. The van der Waals surface area contributed by atoms with Crippen LogP contribution in [0.3, 0.4) is 0 Å². The molecule has 0 radical (unpaired) electrons. The highest BCUT2D eigenvalue weighted by molar-refractivity contribution is 6.31. The number of carbonyl (C=O) groups excluding carboxylic acids is 1. The van der Waals surface area contributed by atoms with Gasteiger partial charge in [0.25, 0.3) is 5.91 Å². The first-order valence-electron chi connectivity index (χ1n) is 6.15. The molecule has 19 heavy (non-hydrogen) atoms. The lowest BCUT2D eigenvalue weighted by atomic mass is 10.2. The van der Waals surface area contributed by atoms with Crippen molar-refractivity contribution in [1.82, 2.24) is 9.88 Å². The lowest BCUT2D eigenvalue weighted by molar-refractivity contribution is 0.0752. The van der Waals surface area contributed by atoms with Crippen LogP contribution in [0.25, 0.3) is 0 Å². The number of rotatable bonds is 4. The maximum absolute atomic E-state index is 12.3. The van der Waals surface area contributed by atoms with E-state index >= 15 is 0 Å². The molecule has 3 nitrogen and oxygen atoms in total. The number of halogens is 1. The fourth-order valence-corrected chi connectivity index (χ4v) is 2.03.